The van der Waals surface area contributed by atoms with Crippen LogP contribution < -0.4 is 5.73 Å². The van der Waals surface area contributed by atoms with Gasteiger partial charge in [-0.2, -0.15) is 0 Å². The van der Waals surface area contributed by atoms with E-state index in [1.165, 1.54) is 4.88 Å². The van der Waals surface area contributed by atoms with Gasteiger partial charge in [0.1, 0.15) is 0 Å². The second kappa shape index (κ2) is 5.05. The van der Waals surface area contributed by atoms with Crippen LogP contribution in [0.5, 0.6) is 0 Å². The van der Waals surface area contributed by atoms with Gasteiger partial charge in [-0.15, -0.1) is 11.3 Å². The van der Waals surface area contributed by atoms with E-state index in [9.17, 15) is 0 Å². The Kier molecular flexibility index (Phi) is 3.48. The molecule has 1 atom stereocenters. The molecular weight excluding hydrogens is 204 g/mol. The van der Waals surface area contributed by atoms with Gasteiger partial charge in [-0.25, -0.2) is 0 Å². The summed E-state index contributed by atoms with van der Waals surface area (Å²) in [6, 6.07) is 10.3. The number of aryl methyl sites for hydroxylation is 1. The van der Waals surface area contributed by atoms with Gasteiger partial charge in [0.25, 0.3) is 0 Å². The summed E-state index contributed by atoms with van der Waals surface area (Å²) in [5, 5.41) is 2.07. The maximum Gasteiger partial charge on any atom is 0.0404 e. The molecule has 0 saturated heterocycles. The topological polar surface area (TPSA) is 38.9 Å². The molecule has 0 radical (unpaired) electrons. The van der Waals surface area contributed by atoms with Gasteiger partial charge in [0, 0.05) is 22.8 Å². The van der Waals surface area contributed by atoms with E-state index in [0.717, 1.165) is 18.5 Å². The minimum Gasteiger partial charge on any atom is -0.323 e. The van der Waals surface area contributed by atoms with Crippen molar-refractivity contribution in [2.24, 2.45) is 5.73 Å². The molecule has 15 heavy (non-hydrogen) atoms. The van der Waals surface area contributed by atoms with Crippen molar-refractivity contribution in [1.82, 2.24) is 4.98 Å². The molecule has 2 nitrogen and oxygen atoms in total. The SMILES string of the molecule is NC(CCc1ccccn1)c1cccs1. The van der Waals surface area contributed by atoms with Gasteiger partial charge < -0.3 is 5.73 Å². The van der Waals surface area contributed by atoms with Crippen molar-refractivity contribution in [2.75, 3.05) is 0 Å². The van der Waals surface area contributed by atoms with Crippen LogP contribution in [-0.4, -0.2) is 4.98 Å². The Balaban J connectivity index is 1.89. The van der Waals surface area contributed by atoms with Gasteiger partial charge in [0.05, 0.1) is 0 Å². The van der Waals surface area contributed by atoms with E-state index in [1.807, 2.05) is 30.5 Å². The summed E-state index contributed by atoms with van der Waals surface area (Å²) in [4.78, 5) is 5.54. The van der Waals surface area contributed by atoms with Gasteiger partial charge in [-0.05, 0) is 36.4 Å². The van der Waals surface area contributed by atoms with Crippen LogP contribution in [0.1, 0.15) is 23.0 Å². The van der Waals surface area contributed by atoms with Crippen LogP contribution in [0.25, 0.3) is 0 Å². The predicted molar refractivity (Wildman–Crippen MR) is 63.8 cm³/mol. The third kappa shape index (κ3) is 2.88. The zero-order chi connectivity index (χ0) is 10.5. The fourth-order valence-electron chi connectivity index (χ4n) is 1.49. The molecule has 0 aliphatic rings. The summed E-state index contributed by atoms with van der Waals surface area (Å²) in [6.45, 7) is 0. The molecule has 78 valence electrons. The van der Waals surface area contributed by atoms with Crippen LogP contribution in [0.15, 0.2) is 41.9 Å². The average molecular weight is 218 g/mol. The van der Waals surface area contributed by atoms with Crippen LogP contribution in [0.3, 0.4) is 0 Å². The van der Waals surface area contributed by atoms with Crippen LogP contribution in [-0.2, 0) is 6.42 Å². The minimum atomic E-state index is 0.145. The highest BCUT2D eigenvalue weighted by Gasteiger charge is 2.06. The highest BCUT2D eigenvalue weighted by molar-refractivity contribution is 7.10. The Morgan fingerprint density at radius 1 is 1.27 bits per heavy atom. The lowest BCUT2D eigenvalue weighted by atomic mass is 10.1. The monoisotopic (exact) mass is 218 g/mol. The summed E-state index contributed by atoms with van der Waals surface area (Å²) < 4.78 is 0. The molecule has 0 saturated carbocycles. The lowest BCUT2D eigenvalue weighted by Gasteiger charge is -2.08. The Morgan fingerprint density at radius 2 is 2.20 bits per heavy atom. The van der Waals surface area contributed by atoms with Crippen molar-refractivity contribution in [3.05, 3.63) is 52.5 Å². The standard InChI is InChI=1S/C12H14N2S/c13-11(12-5-3-9-15-12)7-6-10-4-1-2-8-14-10/h1-5,8-9,11H,6-7,13H2. The molecule has 0 amide bonds. The second-order valence-electron chi connectivity index (χ2n) is 3.48. The summed E-state index contributed by atoms with van der Waals surface area (Å²) in [7, 11) is 0. The molecule has 3 heteroatoms. The fourth-order valence-corrected chi connectivity index (χ4v) is 2.26. The molecule has 0 aromatic carbocycles. The molecule has 0 fully saturated rings. The van der Waals surface area contributed by atoms with Crippen molar-refractivity contribution < 1.29 is 0 Å². The molecule has 2 aromatic rings. The molecule has 2 aromatic heterocycles. The van der Waals surface area contributed by atoms with Crippen molar-refractivity contribution in [3.8, 4) is 0 Å². The number of nitrogens with zero attached hydrogens (tertiary/aromatic N) is 1. The van der Waals surface area contributed by atoms with Crippen LogP contribution in [0.4, 0.5) is 0 Å². The van der Waals surface area contributed by atoms with E-state index in [4.69, 9.17) is 5.73 Å². The number of nitrogens with two attached hydrogens (primary N) is 1. The first-order valence-electron chi connectivity index (χ1n) is 5.05. The van der Waals surface area contributed by atoms with E-state index in [2.05, 4.69) is 16.4 Å². The van der Waals surface area contributed by atoms with E-state index in [0.29, 0.717) is 0 Å². The molecule has 0 aliphatic carbocycles. The number of aromatic nitrogens is 1. The first-order valence-corrected chi connectivity index (χ1v) is 5.93. The highest BCUT2D eigenvalue weighted by atomic mass is 32.1. The molecular formula is C12H14N2S. The van der Waals surface area contributed by atoms with Gasteiger partial charge in [-0.1, -0.05) is 12.1 Å². The third-order valence-electron chi connectivity index (χ3n) is 2.35. The van der Waals surface area contributed by atoms with Gasteiger partial charge >= 0.3 is 0 Å². The third-order valence-corrected chi connectivity index (χ3v) is 3.35. The van der Waals surface area contributed by atoms with Crippen molar-refractivity contribution >= 4 is 11.3 Å². The Hall–Kier alpha value is -1.19. The lowest BCUT2D eigenvalue weighted by Crippen LogP contribution is -2.09. The molecule has 2 heterocycles. The summed E-state index contributed by atoms with van der Waals surface area (Å²) in [5.41, 5.74) is 7.19. The van der Waals surface area contributed by atoms with Gasteiger partial charge in [0.15, 0.2) is 0 Å². The summed E-state index contributed by atoms with van der Waals surface area (Å²) in [6.07, 6.45) is 3.73. The average Bonchev–Trinajstić information content (AvgIpc) is 2.81. The summed E-state index contributed by atoms with van der Waals surface area (Å²) >= 11 is 1.72. The molecule has 2 N–H and O–H groups in total. The quantitative estimate of drug-likeness (QED) is 0.857. The Morgan fingerprint density at radius 3 is 2.87 bits per heavy atom. The number of pyridine rings is 1. The fraction of sp³-hybridized carbons (Fsp3) is 0.250. The normalized spacial score (nSPS) is 12.6. The maximum atomic E-state index is 6.07. The van der Waals surface area contributed by atoms with E-state index >= 15 is 0 Å². The summed E-state index contributed by atoms with van der Waals surface area (Å²) in [5.74, 6) is 0. The van der Waals surface area contributed by atoms with Crippen molar-refractivity contribution in [1.29, 1.82) is 0 Å². The van der Waals surface area contributed by atoms with Crippen molar-refractivity contribution in [2.45, 2.75) is 18.9 Å². The van der Waals surface area contributed by atoms with E-state index < -0.39 is 0 Å². The number of thiophene rings is 1. The van der Waals surface area contributed by atoms with E-state index in [1.54, 1.807) is 11.3 Å². The van der Waals surface area contributed by atoms with Crippen LogP contribution >= 0.6 is 11.3 Å². The van der Waals surface area contributed by atoms with Gasteiger partial charge in [-0.3, -0.25) is 4.98 Å². The lowest BCUT2D eigenvalue weighted by molar-refractivity contribution is 0.654. The highest BCUT2D eigenvalue weighted by Crippen LogP contribution is 2.20. The zero-order valence-electron chi connectivity index (χ0n) is 8.47. The first kappa shape index (κ1) is 10.3. The predicted octanol–water partition coefficient (Wildman–Crippen LogP) is 2.78. The number of hydrogen-bond acceptors (Lipinski definition) is 3. The van der Waals surface area contributed by atoms with Crippen LogP contribution in [0.2, 0.25) is 0 Å². The smallest absolute Gasteiger partial charge is 0.0404 e. The minimum absolute atomic E-state index is 0.145. The van der Waals surface area contributed by atoms with E-state index in [-0.39, 0.29) is 6.04 Å². The Bertz CT molecular complexity index is 383. The van der Waals surface area contributed by atoms with Crippen molar-refractivity contribution in [3.63, 3.8) is 0 Å². The van der Waals surface area contributed by atoms with Crippen LogP contribution in [0, 0.1) is 0 Å². The zero-order valence-corrected chi connectivity index (χ0v) is 9.28. The molecule has 0 aliphatic heterocycles. The molecule has 1 unspecified atom stereocenters. The number of hydrogen-bond donors (Lipinski definition) is 1. The molecule has 0 spiro atoms. The largest absolute Gasteiger partial charge is 0.323 e. The number of rotatable bonds is 4. The second-order valence-corrected chi connectivity index (χ2v) is 4.46. The maximum absolute atomic E-state index is 6.07. The molecule has 2 rings (SSSR count). The molecule has 0 bridgehead atoms. The first-order chi connectivity index (χ1) is 7.36. The Labute approximate surface area is 93.8 Å². The van der Waals surface area contributed by atoms with Gasteiger partial charge in [0.2, 0.25) is 0 Å².